The summed E-state index contributed by atoms with van der Waals surface area (Å²) >= 11 is 0. The van der Waals surface area contributed by atoms with E-state index in [1.54, 1.807) is 0 Å². The van der Waals surface area contributed by atoms with E-state index < -0.39 is 0 Å². The zero-order valence-electron chi connectivity index (χ0n) is 5.88. The van der Waals surface area contributed by atoms with Crippen LogP contribution in [0.3, 0.4) is 0 Å². The predicted octanol–water partition coefficient (Wildman–Crippen LogP) is 2.31. The lowest BCUT2D eigenvalue weighted by Gasteiger charge is -1.93. The van der Waals surface area contributed by atoms with E-state index in [9.17, 15) is 0 Å². The van der Waals surface area contributed by atoms with Gasteiger partial charge >= 0.3 is 0 Å². The van der Waals surface area contributed by atoms with Crippen LogP contribution >= 0.6 is 9.90 Å². The summed E-state index contributed by atoms with van der Waals surface area (Å²) in [5.74, 6) is 0. The smallest absolute Gasteiger partial charge is 0.00882 e. The van der Waals surface area contributed by atoms with E-state index in [4.69, 9.17) is 0 Å². The van der Waals surface area contributed by atoms with Crippen LogP contribution in [0.1, 0.15) is 11.1 Å². The van der Waals surface area contributed by atoms with Crippen LogP contribution in [0.25, 0.3) is 6.08 Å². The highest BCUT2D eigenvalue weighted by Crippen LogP contribution is 2.17. The number of rotatable bonds is 0. The molecule has 0 amide bonds. The van der Waals surface area contributed by atoms with Gasteiger partial charge in [0.1, 0.15) is 0 Å². The van der Waals surface area contributed by atoms with Crippen LogP contribution in [0.2, 0.25) is 0 Å². The van der Waals surface area contributed by atoms with E-state index in [1.165, 1.54) is 11.1 Å². The largest absolute Gasteiger partial charge is 0.153 e. The number of fused-ring (bicyclic) bond motifs is 1. The minimum absolute atomic E-state index is 0. The van der Waals surface area contributed by atoms with E-state index in [0.29, 0.717) is 0 Å². The molecule has 10 heavy (non-hydrogen) atoms. The normalized spacial score (nSPS) is 12.4. The molecule has 0 aliphatic heterocycles. The first-order valence-corrected chi connectivity index (χ1v) is 3.21. The van der Waals surface area contributed by atoms with Crippen LogP contribution in [0.15, 0.2) is 30.3 Å². The molecule has 52 valence electrons. The molecule has 0 heterocycles. The van der Waals surface area contributed by atoms with Crippen molar-refractivity contribution in [2.45, 2.75) is 6.42 Å². The van der Waals surface area contributed by atoms with E-state index in [2.05, 4.69) is 36.4 Å². The molecule has 0 radical (unpaired) electrons. The van der Waals surface area contributed by atoms with E-state index in [0.717, 1.165) is 6.42 Å². The van der Waals surface area contributed by atoms with Crippen molar-refractivity contribution in [3.63, 3.8) is 0 Å². The van der Waals surface area contributed by atoms with Crippen molar-refractivity contribution < 1.29 is 0 Å². The maximum absolute atomic E-state index is 2.20. The fourth-order valence-corrected chi connectivity index (χ4v) is 1.20. The third-order valence-corrected chi connectivity index (χ3v) is 1.69. The molecule has 1 aliphatic carbocycles. The Bertz CT molecular complexity index is 251. The molecule has 0 nitrogen and oxygen atoms in total. The number of hydrogen-bond donors (Lipinski definition) is 0. The Hall–Kier alpha value is -0.610. The second kappa shape index (κ2) is 2.98. The quantitative estimate of drug-likeness (QED) is 0.498. The molecule has 1 atom stereocenters. The molecule has 0 N–H and O–H groups in total. The molecule has 0 saturated heterocycles. The van der Waals surface area contributed by atoms with Crippen LogP contribution in [0, 0.1) is 0 Å². The van der Waals surface area contributed by atoms with Crippen molar-refractivity contribution in [3.05, 3.63) is 41.5 Å². The summed E-state index contributed by atoms with van der Waals surface area (Å²) in [6.45, 7) is 0. The van der Waals surface area contributed by atoms with E-state index in [1.807, 2.05) is 0 Å². The Balaban J connectivity index is 0.000000500. The summed E-state index contributed by atoms with van der Waals surface area (Å²) in [5.41, 5.74) is 2.84. The van der Waals surface area contributed by atoms with Crippen LogP contribution in [0.4, 0.5) is 0 Å². The zero-order valence-corrected chi connectivity index (χ0v) is 7.29. The molecular weight excluding hydrogens is 139 g/mol. The SMILES string of the molecule is C1=Cc2ccccc2C1.P. The van der Waals surface area contributed by atoms with Gasteiger partial charge in [0.25, 0.3) is 0 Å². The van der Waals surface area contributed by atoms with Gasteiger partial charge in [-0.15, -0.1) is 0 Å². The Labute approximate surface area is 64.6 Å². The molecular formula is C9H11P. The maximum atomic E-state index is 2.20. The third kappa shape index (κ3) is 1.12. The predicted molar refractivity (Wildman–Crippen MR) is 50.3 cm³/mol. The molecule has 0 fully saturated rings. The van der Waals surface area contributed by atoms with Gasteiger partial charge in [0.05, 0.1) is 0 Å². The van der Waals surface area contributed by atoms with Crippen LogP contribution < -0.4 is 0 Å². The second-order valence-corrected chi connectivity index (χ2v) is 2.31. The van der Waals surface area contributed by atoms with Gasteiger partial charge in [0.2, 0.25) is 0 Å². The average Bonchev–Trinajstić information content (AvgIpc) is 2.33. The molecule has 1 unspecified atom stereocenters. The molecule has 0 spiro atoms. The molecule has 0 aromatic heterocycles. The number of allylic oxidation sites excluding steroid dienone is 1. The lowest BCUT2D eigenvalue weighted by atomic mass is 10.1. The second-order valence-electron chi connectivity index (χ2n) is 2.31. The fourth-order valence-electron chi connectivity index (χ4n) is 1.20. The molecule has 2 rings (SSSR count). The standard InChI is InChI=1S/C9H8.H3P/c1-2-5-9-7-3-6-8(9)4-1;/h1-6H,7H2;1H3. The monoisotopic (exact) mass is 150 g/mol. The molecule has 1 heteroatoms. The molecule has 1 aliphatic rings. The summed E-state index contributed by atoms with van der Waals surface area (Å²) in [7, 11) is 0. The van der Waals surface area contributed by atoms with Crippen LogP contribution in [-0.2, 0) is 6.42 Å². The minimum Gasteiger partial charge on any atom is -0.153 e. The Morgan fingerprint density at radius 2 is 1.90 bits per heavy atom. The van der Waals surface area contributed by atoms with Gasteiger partial charge < -0.3 is 0 Å². The van der Waals surface area contributed by atoms with Crippen molar-refractivity contribution >= 4 is 16.0 Å². The Kier molecular flexibility index (Phi) is 2.24. The highest BCUT2D eigenvalue weighted by atomic mass is 31.0. The van der Waals surface area contributed by atoms with Crippen LogP contribution in [0.5, 0.6) is 0 Å². The first-order chi connectivity index (χ1) is 4.47. The number of hydrogen-bond acceptors (Lipinski definition) is 0. The lowest BCUT2D eigenvalue weighted by molar-refractivity contribution is 1.31. The average molecular weight is 150 g/mol. The highest BCUT2D eigenvalue weighted by molar-refractivity contribution is 6.92. The summed E-state index contributed by atoms with van der Waals surface area (Å²) in [5, 5.41) is 0. The van der Waals surface area contributed by atoms with Crippen molar-refractivity contribution in [3.8, 4) is 0 Å². The summed E-state index contributed by atoms with van der Waals surface area (Å²) in [6, 6.07) is 8.49. The Morgan fingerprint density at radius 3 is 2.70 bits per heavy atom. The first kappa shape index (κ1) is 7.50. The van der Waals surface area contributed by atoms with Crippen molar-refractivity contribution in [1.29, 1.82) is 0 Å². The molecule has 1 aromatic rings. The summed E-state index contributed by atoms with van der Waals surface area (Å²) < 4.78 is 0. The van der Waals surface area contributed by atoms with Crippen molar-refractivity contribution in [1.82, 2.24) is 0 Å². The van der Waals surface area contributed by atoms with Gasteiger partial charge in [0, 0.05) is 0 Å². The van der Waals surface area contributed by atoms with Gasteiger partial charge in [-0.05, 0) is 17.5 Å². The van der Waals surface area contributed by atoms with Crippen molar-refractivity contribution in [2.24, 2.45) is 0 Å². The van der Waals surface area contributed by atoms with Gasteiger partial charge in [0.15, 0.2) is 0 Å². The fraction of sp³-hybridized carbons (Fsp3) is 0.111. The molecule has 0 saturated carbocycles. The van der Waals surface area contributed by atoms with Crippen molar-refractivity contribution in [2.75, 3.05) is 0 Å². The first-order valence-electron chi connectivity index (χ1n) is 3.21. The number of benzene rings is 1. The minimum atomic E-state index is 0. The van der Waals surface area contributed by atoms with Crippen LogP contribution in [-0.4, -0.2) is 0 Å². The maximum Gasteiger partial charge on any atom is -0.00882 e. The molecule has 0 bridgehead atoms. The lowest BCUT2D eigenvalue weighted by Crippen LogP contribution is -1.76. The Morgan fingerprint density at radius 1 is 1.10 bits per heavy atom. The topological polar surface area (TPSA) is 0 Å². The van der Waals surface area contributed by atoms with Gasteiger partial charge in [-0.25, -0.2) is 0 Å². The highest BCUT2D eigenvalue weighted by Gasteiger charge is 2.00. The zero-order chi connectivity index (χ0) is 6.10. The van der Waals surface area contributed by atoms with E-state index >= 15 is 0 Å². The third-order valence-electron chi connectivity index (χ3n) is 1.69. The summed E-state index contributed by atoms with van der Waals surface area (Å²) in [6.07, 6.45) is 5.50. The summed E-state index contributed by atoms with van der Waals surface area (Å²) in [4.78, 5) is 0. The van der Waals surface area contributed by atoms with Gasteiger partial charge in [-0.2, -0.15) is 9.90 Å². The van der Waals surface area contributed by atoms with E-state index in [-0.39, 0.29) is 9.90 Å². The van der Waals surface area contributed by atoms with Gasteiger partial charge in [-0.3, -0.25) is 0 Å². The molecule has 1 aromatic carbocycles. The van der Waals surface area contributed by atoms with Gasteiger partial charge in [-0.1, -0.05) is 36.4 Å².